The van der Waals surface area contributed by atoms with Crippen LogP contribution in [0.2, 0.25) is 0 Å². The van der Waals surface area contributed by atoms with Crippen molar-refractivity contribution < 1.29 is 9.53 Å². The number of methoxy groups -OCH3 is 1. The highest BCUT2D eigenvalue weighted by Gasteiger charge is 2.24. The maximum atomic E-state index is 12.4. The van der Waals surface area contributed by atoms with E-state index in [1.54, 1.807) is 7.11 Å². The van der Waals surface area contributed by atoms with Gasteiger partial charge in [0.05, 0.1) is 12.6 Å². The molecule has 5 nitrogen and oxygen atoms in total. The zero-order chi connectivity index (χ0) is 23.2. The van der Waals surface area contributed by atoms with E-state index in [0.29, 0.717) is 18.9 Å². The Bertz CT molecular complexity index is 1090. The summed E-state index contributed by atoms with van der Waals surface area (Å²) in [6.45, 7) is 0.635. The monoisotopic (exact) mass is 509 g/mol. The van der Waals surface area contributed by atoms with Crippen LogP contribution in [0, 0.1) is 11.8 Å². The van der Waals surface area contributed by atoms with Gasteiger partial charge in [0, 0.05) is 22.3 Å². The third-order valence-corrected chi connectivity index (χ3v) is 7.18. The first kappa shape index (κ1) is 23.6. The molecule has 0 radical (unpaired) electrons. The van der Waals surface area contributed by atoms with Crippen LogP contribution in [0.25, 0.3) is 10.9 Å². The lowest BCUT2D eigenvalue weighted by Crippen LogP contribution is -2.28. The molecule has 33 heavy (non-hydrogen) atoms. The van der Waals surface area contributed by atoms with E-state index in [2.05, 4.69) is 33.4 Å². The molecule has 1 aromatic heterocycles. The Balaban J connectivity index is 1.59. The van der Waals surface area contributed by atoms with Crippen LogP contribution < -0.4 is 15.8 Å². The van der Waals surface area contributed by atoms with Crippen LogP contribution in [-0.2, 0) is 17.8 Å². The van der Waals surface area contributed by atoms with E-state index in [-0.39, 0.29) is 11.8 Å². The van der Waals surface area contributed by atoms with E-state index in [4.69, 9.17) is 15.5 Å². The third kappa shape index (κ3) is 6.26. The molecule has 0 aliphatic heterocycles. The Kier molecular flexibility index (Phi) is 7.86. The van der Waals surface area contributed by atoms with Gasteiger partial charge in [0.25, 0.3) is 0 Å². The molecule has 1 unspecified atom stereocenters. The maximum Gasteiger partial charge on any atom is 0.220 e. The quantitative estimate of drug-likeness (QED) is 0.358. The molecule has 1 saturated carbocycles. The van der Waals surface area contributed by atoms with Crippen molar-refractivity contribution in [2.45, 2.75) is 51.5 Å². The molecule has 6 heteroatoms. The molecule has 0 saturated heterocycles. The molecule has 0 bridgehead atoms. The lowest BCUT2D eigenvalue weighted by molar-refractivity contribution is -0.122. The first-order valence-corrected chi connectivity index (χ1v) is 12.6. The number of hydrogen-bond donors (Lipinski definition) is 2. The normalized spacial score (nSPS) is 15.3. The van der Waals surface area contributed by atoms with Gasteiger partial charge in [-0.2, -0.15) is 0 Å². The second-order valence-electron chi connectivity index (χ2n) is 9.08. The molecule has 3 aromatic rings. The number of primary amides is 1. The van der Waals surface area contributed by atoms with E-state index < -0.39 is 0 Å². The summed E-state index contributed by atoms with van der Waals surface area (Å²) >= 11 is 3.56. The fourth-order valence-corrected chi connectivity index (χ4v) is 5.20. The van der Waals surface area contributed by atoms with E-state index in [1.165, 1.54) is 32.1 Å². The third-order valence-electron chi connectivity index (χ3n) is 6.69. The van der Waals surface area contributed by atoms with Gasteiger partial charge in [-0.05, 0) is 66.3 Å². The predicted molar refractivity (Wildman–Crippen MR) is 137 cm³/mol. The summed E-state index contributed by atoms with van der Waals surface area (Å²) in [6.07, 6.45) is 7.70. The van der Waals surface area contributed by atoms with Gasteiger partial charge < -0.3 is 15.8 Å². The SMILES string of the molecule is COc1ccc(CNc2nc3ccc(Br)cc3cc2CC(CC2CCCCC2)C(N)=O)cc1. The van der Waals surface area contributed by atoms with E-state index in [9.17, 15) is 4.79 Å². The lowest BCUT2D eigenvalue weighted by Gasteiger charge is -2.25. The van der Waals surface area contributed by atoms with Gasteiger partial charge >= 0.3 is 0 Å². The summed E-state index contributed by atoms with van der Waals surface area (Å²) in [5.74, 6) is 1.85. The number of fused-ring (bicyclic) bond motifs is 1. The summed E-state index contributed by atoms with van der Waals surface area (Å²) in [4.78, 5) is 17.3. The second kappa shape index (κ2) is 11.0. The number of ether oxygens (including phenoxy) is 1. The number of carbonyl (C=O) groups excluding carboxylic acids is 1. The smallest absolute Gasteiger partial charge is 0.220 e. The maximum absolute atomic E-state index is 12.4. The first-order valence-electron chi connectivity index (χ1n) is 11.8. The number of halogens is 1. The highest BCUT2D eigenvalue weighted by molar-refractivity contribution is 9.10. The molecule has 1 atom stereocenters. The number of nitrogens with zero attached hydrogens (tertiary/aromatic N) is 1. The number of benzene rings is 2. The Morgan fingerprint density at radius 2 is 1.91 bits per heavy atom. The van der Waals surface area contributed by atoms with Crippen molar-refractivity contribution in [1.82, 2.24) is 4.98 Å². The van der Waals surface area contributed by atoms with Gasteiger partial charge in [0.1, 0.15) is 11.6 Å². The van der Waals surface area contributed by atoms with Gasteiger partial charge in [-0.1, -0.05) is 60.2 Å². The zero-order valence-corrected chi connectivity index (χ0v) is 20.7. The molecule has 1 aliphatic rings. The van der Waals surface area contributed by atoms with Gasteiger partial charge in [0.2, 0.25) is 5.91 Å². The standard InChI is InChI=1S/C27H32BrN3O2/c1-33-24-10-7-19(8-11-24)17-30-27-22(14-20-16-23(28)9-12-25(20)31-27)15-21(26(29)32)13-18-5-3-2-4-6-18/h7-12,14,16,18,21H,2-6,13,15,17H2,1H3,(H2,29,32)(H,30,31). The molecule has 3 N–H and O–H groups in total. The van der Waals surface area contributed by atoms with Crippen LogP contribution in [0.15, 0.2) is 53.0 Å². The van der Waals surface area contributed by atoms with Crippen molar-refractivity contribution in [2.75, 3.05) is 12.4 Å². The second-order valence-corrected chi connectivity index (χ2v) is 9.99. The minimum Gasteiger partial charge on any atom is -0.497 e. The molecule has 1 aliphatic carbocycles. The average molecular weight is 510 g/mol. The number of nitrogens with two attached hydrogens (primary N) is 1. The number of nitrogens with one attached hydrogen (secondary N) is 1. The summed E-state index contributed by atoms with van der Waals surface area (Å²) in [5.41, 5.74) is 8.97. The Hall–Kier alpha value is -2.60. The van der Waals surface area contributed by atoms with Crippen molar-refractivity contribution in [3.05, 3.63) is 64.1 Å². The van der Waals surface area contributed by atoms with Gasteiger partial charge in [-0.3, -0.25) is 4.79 Å². The molecule has 1 fully saturated rings. The molecular weight excluding hydrogens is 478 g/mol. The summed E-state index contributed by atoms with van der Waals surface area (Å²) in [6, 6.07) is 16.2. The number of hydrogen-bond acceptors (Lipinski definition) is 4. The van der Waals surface area contributed by atoms with Crippen LogP contribution in [-0.4, -0.2) is 18.0 Å². The zero-order valence-electron chi connectivity index (χ0n) is 19.1. The Morgan fingerprint density at radius 1 is 1.15 bits per heavy atom. The number of carbonyl (C=O) groups is 1. The van der Waals surface area contributed by atoms with E-state index >= 15 is 0 Å². The van der Waals surface area contributed by atoms with Crippen molar-refractivity contribution in [3.63, 3.8) is 0 Å². The fourth-order valence-electron chi connectivity index (χ4n) is 4.82. The van der Waals surface area contributed by atoms with Gasteiger partial charge in [-0.25, -0.2) is 4.98 Å². The Morgan fingerprint density at radius 3 is 2.61 bits per heavy atom. The van der Waals surface area contributed by atoms with Gasteiger partial charge in [-0.15, -0.1) is 0 Å². The molecule has 0 spiro atoms. The van der Waals surface area contributed by atoms with Crippen LogP contribution >= 0.6 is 15.9 Å². The van der Waals surface area contributed by atoms with Crippen LogP contribution in [0.3, 0.4) is 0 Å². The summed E-state index contributed by atoms with van der Waals surface area (Å²) in [5, 5.41) is 4.56. The number of aromatic nitrogens is 1. The topological polar surface area (TPSA) is 77.2 Å². The average Bonchev–Trinajstić information content (AvgIpc) is 2.83. The minimum absolute atomic E-state index is 0.180. The lowest BCUT2D eigenvalue weighted by atomic mass is 9.80. The van der Waals surface area contributed by atoms with Crippen LogP contribution in [0.1, 0.15) is 49.7 Å². The van der Waals surface area contributed by atoms with Crippen molar-refractivity contribution >= 4 is 38.6 Å². The fraction of sp³-hybridized carbons (Fsp3) is 0.407. The minimum atomic E-state index is -0.212. The largest absolute Gasteiger partial charge is 0.497 e. The molecule has 174 valence electrons. The number of anilines is 1. The summed E-state index contributed by atoms with van der Waals surface area (Å²) < 4.78 is 6.27. The van der Waals surface area contributed by atoms with Crippen LogP contribution in [0.4, 0.5) is 5.82 Å². The van der Waals surface area contributed by atoms with E-state index in [0.717, 1.165) is 44.5 Å². The predicted octanol–water partition coefficient (Wildman–Crippen LogP) is 6.23. The Labute approximate surface area is 204 Å². The molecular formula is C27H32BrN3O2. The van der Waals surface area contributed by atoms with Crippen molar-refractivity contribution in [1.29, 1.82) is 0 Å². The van der Waals surface area contributed by atoms with E-state index in [1.807, 2.05) is 36.4 Å². The summed E-state index contributed by atoms with van der Waals surface area (Å²) in [7, 11) is 1.67. The molecule has 4 rings (SSSR count). The van der Waals surface area contributed by atoms with Crippen molar-refractivity contribution in [3.8, 4) is 5.75 Å². The number of amides is 1. The number of rotatable bonds is 9. The number of pyridine rings is 1. The van der Waals surface area contributed by atoms with Crippen LogP contribution in [0.5, 0.6) is 5.75 Å². The highest BCUT2D eigenvalue weighted by atomic mass is 79.9. The molecule has 1 heterocycles. The van der Waals surface area contributed by atoms with Gasteiger partial charge in [0.15, 0.2) is 0 Å². The molecule has 1 amide bonds. The molecule has 2 aromatic carbocycles. The highest BCUT2D eigenvalue weighted by Crippen LogP contribution is 2.32. The van der Waals surface area contributed by atoms with Crippen molar-refractivity contribution in [2.24, 2.45) is 17.6 Å². The first-order chi connectivity index (χ1) is 16.0.